The maximum absolute atomic E-state index is 13.4. The third-order valence-electron chi connectivity index (χ3n) is 10.4. The van der Waals surface area contributed by atoms with Gasteiger partial charge in [0.25, 0.3) is 0 Å². The van der Waals surface area contributed by atoms with E-state index in [1.54, 1.807) is 31.4 Å². The van der Waals surface area contributed by atoms with Gasteiger partial charge in [-0.3, -0.25) is 29.8 Å². The summed E-state index contributed by atoms with van der Waals surface area (Å²) in [6, 6.07) is 15.3. The van der Waals surface area contributed by atoms with Crippen molar-refractivity contribution >= 4 is 72.4 Å². The number of ether oxygens (including phenoxy) is 4. The van der Waals surface area contributed by atoms with Gasteiger partial charge in [-0.1, -0.05) is 108 Å². The molecular formula is C46H63N7O10S. The highest BCUT2D eigenvalue weighted by atomic mass is 32.1. The smallest absolute Gasteiger partial charge is 0.333 e. The van der Waals surface area contributed by atoms with Crippen molar-refractivity contribution in [1.29, 1.82) is 0 Å². The van der Waals surface area contributed by atoms with Gasteiger partial charge in [0.2, 0.25) is 16.8 Å². The minimum Gasteiger partial charge on any atom is -0.491 e. The number of amides is 2. The number of benzene rings is 3. The topological polar surface area (TPSA) is 209 Å². The number of nitrogens with one attached hydrogen (secondary N) is 2. The van der Waals surface area contributed by atoms with Crippen LogP contribution >= 0.6 is 11.3 Å². The zero-order valence-corrected chi connectivity index (χ0v) is 38.4. The van der Waals surface area contributed by atoms with E-state index in [9.17, 15) is 29.8 Å². The van der Waals surface area contributed by atoms with Crippen molar-refractivity contribution < 1.29 is 38.4 Å². The summed E-state index contributed by atoms with van der Waals surface area (Å²) in [5, 5.41) is 37.5. The molecule has 0 atom stereocenters. The van der Waals surface area contributed by atoms with E-state index >= 15 is 0 Å². The fourth-order valence-corrected chi connectivity index (χ4v) is 7.85. The Bertz CT molecular complexity index is 2150. The third kappa shape index (κ3) is 16.8. The molecule has 0 aliphatic heterocycles. The Morgan fingerprint density at radius 2 is 1.42 bits per heavy atom. The van der Waals surface area contributed by atoms with Crippen LogP contribution in [-0.2, 0) is 19.1 Å². The second-order valence-electron chi connectivity index (χ2n) is 15.3. The van der Waals surface area contributed by atoms with Gasteiger partial charge in [0.05, 0.1) is 41.0 Å². The first-order valence-electron chi connectivity index (χ1n) is 22.2. The summed E-state index contributed by atoms with van der Waals surface area (Å²) < 4.78 is 23.3. The number of anilines is 3. The average molecular weight is 906 g/mol. The lowest BCUT2D eigenvalue weighted by atomic mass is 10.0. The van der Waals surface area contributed by atoms with Gasteiger partial charge in [-0.05, 0) is 42.9 Å². The van der Waals surface area contributed by atoms with Crippen LogP contribution in [-0.4, -0.2) is 68.5 Å². The van der Waals surface area contributed by atoms with Gasteiger partial charge in [-0.25, -0.2) is 0 Å². The quantitative estimate of drug-likeness (QED) is 0.0155. The van der Waals surface area contributed by atoms with Crippen LogP contribution in [0.4, 0.5) is 38.4 Å². The largest absolute Gasteiger partial charge is 0.491 e. The van der Waals surface area contributed by atoms with Crippen molar-refractivity contribution in [1.82, 2.24) is 0 Å². The van der Waals surface area contributed by atoms with Crippen molar-refractivity contribution in [3.8, 4) is 11.5 Å². The number of nitro groups is 2. The second kappa shape index (κ2) is 28.2. The van der Waals surface area contributed by atoms with Gasteiger partial charge in [-0.2, -0.15) is 0 Å². The minimum absolute atomic E-state index is 0.0438. The van der Waals surface area contributed by atoms with Crippen molar-refractivity contribution in [2.75, 3.05) is 62.3 Å². The summed E-state index contributed by atoms with van der Waals surface area (Å²) in [6.07, 6.45) is 16.3. The number of likely N-dealkylation sites (N-methyl/N-ethyl adjacent to an activating group) is 1. The van der Waals surface area contributed by atoms with E-state index in [1.165, 1.54) is 71.1 Å². The number of thiophene rings is 1. The van der Waals surface area contributed by atoms with Crippen LogP contribution in [0.15, 0.2) is 64.8 Å². The van der Waals surface area contributed by atoms with Gasteiger partial charge >= 0.3 is 10.7 Å². The van der Waals surface area contributed by atoms with E-state index in [2.05, 4.69) is 27.8 Å². The van der Waals surface area contributed by atoms with Crippen LogP contribution in [0.3, 0.4) is 0 Å². The number of fused-ring (bicyclic) bond motifs is 1. The first-order valence-corrected chi connectivity index (χ1v) is 23.1. The highest BCUT2D eigenvalue weighted by Gasteiger charge is 2.25. The minimum atomic E-state index is -0.763. The van der Waals surface area contributed by atoms with Gasteiger partial charge in [-0.15, -0.1) is 10.2 Å². The van der Waals surface area contributed by atoms with E-state index in [0.29, 0.717) is 61.2 Å². The van der Waals surface area contributed by atoms with E-state index in [-0.39, 0.29) is 41.6 Å². The van der Waals surface area contributed by atoms with E-state index in [4.69, 9.17) is 18.9 Å². The maximum atomic E-state index is 13.4. The molecule has 0 aliphatic carbocycles. The van der Waals surface area contributed by atoms with Crippen LogP contribution in [0.25, 0.3) is 10.8 Å². The Morgan fingerprint density at radius 1 is 0.750 bits per heavy atom. The standard InChI is InChI=1S/C46H63N7O10S/c1-5-7-8-9-10-11-12-13-14-15-16-17-18-23-43(55)48-40-31-42(36-21-19-20-22-37(36)45(40)63-33-61-29-28-60-4)62-27-26-51(6-2)35-24-25-38(39(30-35)47-34(3)54)49-50-46-41(52(56)57)32-44(64-46)53(58)59/h19-22,24-25,30-32H,5-18,23,26-29,33H2,1-4H3,(H,47,54)(H,48,55). The average Bonchev–Trinajstić information content (AvgIpc) is 3.72. The normalized spacial score (nSPS) is 11.2. The lowest BCUT2D eigenvalue weighted by Gasteiger charge is -2.25. The summed E-state index contributed by atoms with van der Waals surface area (Å²) in [7, 11) is 1.60. The van der Waals surface area contributed by atoms with Gasteiger partial charge in [0.1, 0.15) is 24.1 Å². The number of rotatable bonds is 32. The maximum Gasteiger partial charge on any atom is 0.333 e. The summed E-state index contributed by atoms with van der Waals surface area (Å²) in [6.45, 7) is 7.48. The van der Waals surface area contributed by atoms with Gasteiger partial charge < -0.3 is 34.5 Å². The molecule has 0 bridgehead atoms. The molecule has 4 rings (SSSR count). The van der Waals surface area contributed by atoms with Crippen LogP contribution < -0.4 is 25.0 Å². The molecule has 4 aromatic rings. The Labute approximate surface area is 379 Å². The van der Waals surface area contributed by atoms with E-state index < -0.39 is 20.5 Å². The molecule has 348 valence electrons. The number of azo groups is 1. The fraction of sp³-hybridized carbons (Fsp3) is 0.522. The third-order valence-corrected chi connectivity index (χ3v) is 11.4. The molecule has 1 aromatic heterocycles. The Balaban J connectivity index is 1.44. The van der Waals surface area contributed by atoms with Crippen molar-refractivity contribution in [3.63, 3.8) is 0 Å². The first kappa shape index (κ1) is 50.9. The SMILES string of the molecule is CCCCCCCCCCCCCCCC(=O)Nc1cc(OCCN(CC)c2ccc(N=Nc3sc([N+](=O)[O-])cc3[N+](=O)[O-])c(NC(C)=O)c2)c2ccccc2c1OCOCCOC. The molecular weight excluding hydrogens is 843 g/mol. The van der Waals surface area contributed by atoms with Crippen LogP contribution in [0.1, 0.15) is 111 Å². The number of methoxy groups -OCH3 is 1. The second-order valence-corrected chi connectivity index (χ2v) is 16.3. The fourth-order valence-electron chi connectivity index (χ4n) is 7.09. The monoisotopic (exact) mass is 905 g/mol. The lowest BCUT2D eigenvalue weighted by molar-refractivity contribution is -0.389. The Kier molecular flexibility index (Phi) is 22.4. The lowest BCUT2D eigenvalue weighted by Crippen LogP contribution is -2.28. The van der Waals surface area contributed by atoms with E-state index in [0.717, 1.165) is 41.8 Å². The van der Waals surface area contributed by atoms with Crippen molar-refractivity contribution in [2.24, 2.45) is 10.2 Å². The summed E-state index contributed by atoms with van der Waals surface area (Å²) in [5.74, 6) is 0.530. The zero-order valence-electron chi connectivity index (χ0n) is 37.6. The van der Waals surface area contributed by atoms with Crippen LogP contribution in [0.5, 0.6) is 11.5 Å². The molecule has 0 spiro atoms. The Hall–Kier alpha value is -5.72. The number of unbranched alkanes of at least 4 members (excludes halogenated alkanes) is 12. The highest BCUT2D eigenvalue weighted by Crippen LogP contribution is 2.43. The van der Waals surface area contributed by atoms with Crippen LogP contribution in [0.2, 0.25) is 0 Å². The number of hydrogen-bond acceptors (Lipinski definition) is 14. The van der Waals surface area contributed by atoms with Gasteiger partial charge in [0, 0.05) is 49.5 Å². The molecule has 3 aromatic carbocycles. The predicted octanol–water partition coefficient (Wildman–Crippen LogP) is 12.4. The predicted molar refractivity (Wildman–Crippen MR) is 252 cm³/mol. The molecule has 0 saturated heterocycles. The molecule has 0 unspecified atom stereocenters. The Morgan fingerprint density at radius 3 is 2.05 bits per heavy atom. The summed E-state index contributed by atoms with van der Waals surface area (Å²) >= 11 is 0.525. The number of carbonyl (C=O) groups excluding carboxylic acids is 2. The molecule has 2 amide bonds. The summed E-state index contributed by atoms with van der Waals surface area (Å²) in [5.41, 5.74) is 1.13. The van der Waals surface area contributed by atoms with Crippen LogP contribution in [0, 0.1) is 20.2 Å². The molecule has 1 heterocycles. The number of hydrogen-bond donors (Lipinski definition) is 2. The molecule has 64 heavy (non-hydrogen) atoms. The molecule has 17 nitrogen and oxygen atoms in total. The highest BCUT2D eigenvalue weighted by molar-refractivity contribution is 7.19. The molecule has 2 N–H and O–H groups in total. The molecule has 0 saturated carbocycles. The molecule has 18 heteroatoms. The summed E-state index contributed by atoms with van der Waals surface area (Å²) in [4.78, 5) is 48.9. The molecule has 0 aliphatic rings. The van der Waals surface area contributed by atoms with Crippen molar-refractivity contribution in [3.05, 3.63) is 74.8 Å². The molecule has 0 fully saturated rings. The zero-order chi connectivity index (χ0) is 46.1. The number of carbonyl (C=O) groups is 2. The van der Waals surface area contributed by atoms with Gasteiger partial charge in [0.15, 0.2) is 12.5 Å². The molecule has 0 radical (unpaired) electrons. The number of nitrogens with zero attached hydrogens (tertiary/aromatic N) is 5. The van der Waals surface area contributed by atoms with Crippen molar-refractivity contribution in [2.45, 2.75) is 111 Å². The van der Waals surface area contributed by atoms with E-state index in [1.807, 2.05) is 36.1 Å². The first-order chi connectivity index (χ1) is 31.1.